The monoisotopic (exact) mass is 254 g/mol. The third-order valence-corrected chi connectivity index (χ3v) is 4.05. The van der Waals surface area contributed by atoms with E-state index in [1.54, 1.807) is 11.8 Å². The summed E-state index contributed by atoms with van der Waals surface area (Å²) in [6, 6.07) is 14.3. The van der Waals surface area contributed by atoms with Crippen molar-refractivity contribution in [2.45, 2.75) is 11.0 Å². The molecule has 0 saturated heterocycles. The van der Waals surface area contributed by atoms with Gasteiger partial charge in [-0.25, -0.2) is 0 Å². The first-order valence-electron chi connectivity index (χ1n) is 5.92. The molecule has 1 aliphatic rings. The van der Waals surface area contributed by atoms with Gasteiger partial charge < -0.3 is 5.11 Å². The number of aliphatic hydroxyl groups is 1. The number of hydrogen-bond acceptors (Lipinski definition) is 2. The van der Waals surface area contributed by atoms with Crippen LogP contribution in [0.1, 0.15) is 28.4 Å². The Morgan fingerprint density at radius 2 is 1.67 bits per heavy atom. The van der Waals surface area contributed by atoms with E-state index in [2.05, 4.69) is 36.6 Å². The Bertz CT molecular complexity index is 616. The van der Waals surface area contributed by atoms with Gasteiger partial charge in [0, 0.05) is 4.90 Å². The van der Waals surface area contributed by atoms with Crippen molar-refractivity contribution >= 4 is 23.9 Å². The lowest BCUT2D eigenvalue weighted by Crippen LogP contribution is -2.02. The quantitative estimate of drug-likeness (QED) is 0.777. The Morgan fingerprint density at radius 3 is 2.44 bits per heavy atom. The molecule has 0 spiro atoms. The van der Waals surface area contributed by atoms with Crippen LogP contribution in [0.5, 0.6) is 0 Å². The Balaban J connectivity index is 2.20. The minimum Gasteiger partial charge on any atom is -0.384 e. The molecule has 0 aliphatic heterocycles. The lowest BCUT2D eigenvalue weighted by atomic mass is 9.97. The average molecular weight is 254 g/mol. The molecule has 0 fully saturated rings. The fourth-order valence-electron chi connectivity index (χ4n) is 2.33. The van der Waals surface area contributed by atoms with E-state index in [9.17, 15) is 5.11 Å². The summed E-state index contributed by atoms with van der Waals surface area (Å²) in [4.78, 5) is 1.18. The number of hydrogen-bond donors (Lipinski definition) is 1. The van der Waals surface area contributed by atoms with E-state index in [0.717, 1.165) is 22.3 Å². The van der Waals surface area contributed by atoms with Gasteiger partial charge in [0.25, 0.3) is 0 Å². The summed E-state index contributed by atoms with van der Waals surface area (Å²) in [5.74, 6) is 0. The van der Waals surface area contributed by atoms with E-state index >= 15 is 0 Å². The smallest absolute Gasteiger partial charge is 0.105 e. The first-order chi connectivity index (χ1) is 8.79. The minimum atomic E-state index is -0.543. The molecule has 1 aliphatic carbocycles. The number of rotatable bonds is 1. The molecular weight excluding hydrogens is 240 g/mol. The van der Waals surface area contributed by atoms with E-state index in [1.807, 2.05) is 24.3 Å². The van der Waals surface area contributed by atoms with Gasteiger partial charge in [-0.3, -0.25) is 0 Å². The Kier molecular flexibility index (Phi) is 2.98. The molecule has 1 unspecified atom stereocenters. The average Bonchev–Trinajstić information content (AvgIpc) is 2.57. The summed E-state index contributed by atoms with van der Waals surface area (Å²) < 4.78 is 0. The molecular formula is C16H14OS. The lowest BCUT2D eigenvalue weighted by Gasteiger charge is -2.15. The van der Waals surface area contributed by atoms with Crippen LogP contribution in [0.15, 0.2) is 47.4 Å². The van der Waals surface area contributed by atoms with Gasteiger partial charge in [-0.2, -0.15) is 0 Å². The van der Waals surface area contributed by atoms with Crippen LogP contribution >= 0.6 is 11.8 Å². The molecule has 3 rings (SSSR count). The summed E-state index contributed by atoms with van der Waals surface area (Å²) in [6.07, 6.45) is 5.66. The van der Waals surface area contributed by atoms with Gasteiger partial charge in [-0.05, 0) is 40.6 Å². The molecule has 0 bridgehead atoms. The second-order valence-corrected chi connectivity index (χ2v) is 5.24. The predicted molar refractivity (Wildman–Crippen MR) is 77.7 cm³/mol. The zero-order valence-corrected chi connectivity index (χ0v) is 10.9. The molecule has 1 N–H and O–H groups in total. The van der Waals surface area contributed by atoms with Gasteiger partial charge in [0.15, 0.2) is 0 Å². The molecule has 2 aromatic rings. The summed E-state index contributed by atoms with van der Waals surface area (Å²) in [5, 5.41) is 10.6. The van der Waals surface area contributed by atoms with E-state index in [-0.39, 0.29) is 0 Å². The van der Waals surface area contributed by atoms with E-state index in [0.29, 0.717) is 0 Å². The zero-order chi connectivity index (χ0) is 12.5. The van der Waals surface area contributed by atoms with Crippen LogP contribution in [-0.4, -0.2) is 11.4 Å². The Labute approximate surface area is 111 Å². The van der Waals surface area contributed by atoms with Crippen molar-refractivity contribution in [3.63, 3.8) is 0 Å². The number of benzene rings is 2. The fourth-order valence-corrected chi connectivity index (χ4v) is 2.78. The third-order valence-electron chi connectivity index (χ3n) is 3.32. The Hall–Kier alpha value is -1.51. The molecule has 2 aromatic carbocycles. The van der Waals surface area contributed by atoms with Gasteiger partial charge >= 0.3 is 0 Å². The summed E-state index contributed by atoms with van der Waals surface area (Å²) in [5.41, 5.74) is 4.15. The van der Waals surface area contributed by atoms with Crippen LogP contribution in [0.25, 0.3) is 12.2 Å². The van der Waals surface area contributed by atoms with Crippen LogP contribution in [-0.2, 0) is 0 Å². The molecule has 0 saturated carbocycles. The molecule has 0 radical (unpaired) electrons. The summed E-state index contributed by atoms with van der Waals surface area (Å²) in [6.45, 7) is 0. The van der Waals surface area contributed by atoms with Crippen LogP contribution < -0.4 is 0 Å². The topological polar surface area (TPSA) is 20.2 Å². The van der Waals surface area contributed by atoms with Crippen LogP contribution in [0.4, 0.5) is 0 Å². The van der Waals surface area contributed by atoms with Gasteiger partial charge in [0.05, 0.1) is 0 Å². The normalized spacial score (nSPS) is 16.9. The summed E-state index contributed by atoms with van der Waals surface area (Å²) in [7, 11) is 0. The van der Waals surface area contributed by atoms with E-state index in [4.69, 9.17) is 0 Å². The van der Waals surface area contributed by atoms with Crippen LogP contribution in [0, 0.1) is 0 Å². The fraction of sp³-hybridized carbons (Fsp3) is 0.125. The highest BCUT2D eigenvalue weighted by atomic mass is 32.2. The van der Waals surface area contributed by atoms with Gasteiger partial charge in [-0.1, -0.05) is 42.5 Å². The van der Waals surface area contributed by atoms with Crippen molar-refractivity contribution in [1.29, 1.82) is 0 Å². The zero-order valence-electron chi connectivity index (χ0n) is 10.1. The SMILES string of the molecule is CSc1ccc2c(c1)C(O)c1ccccc1C=C2. The minimum absolute atomic E-state index is 0.543. The maximum atomic E-state index is 10.6. The predicted octanol–water partition coefficient (Wildman–Crippen LogP) is 3.97. The van der Waals surface area contributed by atoms with Crippen LogP contribution in [0.3, 0.4) is 0 Å². The van der Waals surface area contributed by atoms with Crippen molar-refractivity contribution in [1.82, 2.24) is 0 Å². The molecule has 0 aromatic heterocycles. The van der Waals surface area contributed by atoms with Crippen LogP contribution in [0.2, 0.25) is 0 Å². The molecule has 2 heteroatoms. The standard InChI is InChI=1S/C16H14OS/c1-18-13-9-8-12-7-6-11-4-2-3-5-14(11)16(17)15(12)10-13/h2-10,16-17H,1H3. The molecule has 1 nitrogen and oxygen atoms in total. The lowest BCUT2D eigenvalue weighted by molar-refractivity contribution is 0.220. The second-order valence-electron chi connectivity index (χ2n) is 4.36. The highest BCUT2D eigenvalue weighted by Gasteiger charge is 2.18. The van der Waals surface area contributed by atoms with Crippen molar-refractivity contribution in [2.75, 3.05) is 6.26 Å². The number of aliphatic hydroxyl groups excluding tert-OH is 1. The second kappa shape index (κ2) is 4.63. The number of thioether (sulfide) groups is 1. The Morgan fingerprint density at radius 1 is 0.944 bits per heavy atom. The maximum absolute atomic E-state index is 10.6. The van der Waals surface area contributed by atoms with Crippen molar-refractivity contribution in [3.8, 4) is 0 Å². The molecule has 1 atom stereocenters. The van der Waals surface area contributed by atoms with Gasteiger partial charge in [0.2, 0.25) is 0 Å². The van der Waals surface area contributed by atoms with Gasteiger partial charge in [0.1, 0.15) is 6.10 Å². The van der Waals surface area contributed by atoms with E-state index in [1.165, 1.54) is 4.90 Å². The van der Waals surface area contributed by atoms with Crippen molar-refractivity contribution in [2.24, 2.45) is 0 Å². The third kappa shape index (κ3) is 1.88. The molecule has 18 heavy (non-hydrogen) atoms. The van der Waals surface area contributed by atoms with Crippen molar-refractivity contribution in [3.05, 3.63) is 64.7 Å². The number of fused-ring (bicyclic) bond motifs is 2. The molecule has 0 heterocycles. The van der Waals surface area contributed by atoms with Crippen molar-refractivity contribution < 1.29 is 5.11 Å². The molecule has 0 amide bonds. The highest BCUT2D eigenvalue weighted by molar-refractivity contribution is 7.98. The van der Waals surface area contributed by atoms with Gasteiger partial charge in [-0.15, -0.1) is 11.8 Å². The first-order valence-corrected chi connectivity index (χ1v) is 7.15. The maximum Gasteiger partial charge on any atom is 0.105 e. The largest absolute Gasteiger partial charge is 0.384 e. The molecule has 90 valence electrons. The summed E-state index contributed by atoms with van der Waals surface area (Å²) >= 11 is 1.70. The highest BCUT2D eigenvalue weighted by Crippen LogP contribution is 2.34. The van der Waals surface area contributed by atoms with E-state index < -0.39 is 6.10 Å². The first kappa shape index (κ1) is 11.6.